The van der Waals surface area contributed by atoms with E-state index in [1.54, 1.807) is 13.2 Å². The zero-order valence-electron chi connectivity index (χ0n) is 18.5. The number of nitrogens with one attached hydrogen (secondary N) is 3. The number of fused-ring (bicyclic) bond motifs is 3. The molecular weight excluding hydrogens is 446 g/mol. The molecule has 0 spiro atoms. The quantitative estimate of drug-likeness (QED) is 0.511. The first-order valence-electron chi connectivity index (χ1n) is 11.1. The van der Waals surface area contributed by atoms with Gasteiger partial charge in [0.2, 0.25) is 0 Å². The predicted octanol–water partition coefficient (Wildman–Crippen LogP) is 3.23. The zero-order valence-corrected chi connectivity index (χ0v) is 19.4. The van der Waals surface area contributed by atoms with Crippen LogP contribution in [-0.4, -0.2) is 54.6 Å². The third-order valence-corrected chi connectivity index (χ3v) is 7.40. The standard InChI is InChI=1S/C23H26F2N6OS/c1-12-9-28-20-19(26-2)21(33-23(20)29-12)22(32)27-6-5-13-7-17(25)18(8-16(13)24)31-10-14-3-4-15(11-31)30-14/h7-9,14-15,26,30H,3-6,10-11H2,1-2H3,(H,27,32). The van der Waals surface area contributed by atoms with Crippen molar-refractivity contribution in [3.8, 4) is 0 Å². The number of nitrogens with zero attached hydrogens (tertiary/aromatic N) is 3. The summed E-state index contributed by atoms with van der Waals surface area (Å²) in [7, 11) is 1.73. The number of amides is 1. The predicted molar refractivity (Wildman–Crippen MR) is 126 cm³/mol. The van der Waals surface area contributed by atoms with Gasteiger partial charge in [0.05, 0.1) is 17.1 Å². The van der Waals surface area contributed by atoms with Gasteiger partial charge in [-0.15, -0.1) is 11.3 Å². The van der Waals surface area contributed by atoms with Gasteiger partial charge in [-0.3, -0.25) is 4.79 Å². The molecule has 2 fully saturated rings. The van der Waals surface area contributed by atoms with E-state index in [0.717, 1.165) is 18.5 Å². The highest BCUT2D eigenvalue weighted by Crippen LogP contribution is 2.33. The van der Waals surface area contributed by atoms with Crippen molar-refractivity contribution < 1.29 is 13.6 Å². The first-order chi connectivity index (χ1) is 15.9. The largest absolute Gasteiger partial charge is 0.385 e. The van der Waals surface area contributed by atoms with E-state index in [9.17, 15) is 13.6 Å². The van der Waals surface area contributed by atoms with Gasteiger partial charge in [-0.05, 0) is 37.8 Å². The maximum Gasteiger partial charge on any atom is 0.263 e. The van der Waals surface area contributed by atoms with Crippen LogP contribution < -0.4 is 20.9 Å². The summed E-state index contributed by atoms with van der Waals surface area (Å²) in [6.07, 6.45) is 3.99. The number of aryl methyl sites for hydroxylation is 1. The number of hydrogen-bond acceptors (Lipinski definition) is 7. The third-order valence-electron chi connectivity index (χ3n) is 6.33. The molecule has 3 aromatic rings. The van der Waals surface area contributed by atoms with E-state index in [0.29, 0.717) is 51.8 Å². The Morgan fingerprint density at radius 1 is 1.24 bits per heavy atom. The molecule has 0 radical (unpaired) electrons. The molecule has 0 saturated carbocycles. The van der Waals surface area contributed by atoms with Gasteiger partial charge in [-0.2, -0.15) is 0 Å². The molecule has 10 heteroatoms. The van der Waals surface area contributed by atoms with Crippen LogP contribution in [0.2, 0.25) is 0 Å². The van der Waals surface area contributed by atoms with Crippen LogP contribution in [0, 0.1) is 18.6 Å². The lowest BCUT2D eigenvalue weighted by molar-refractivity contribution is 0.0959. The minimum absolute atomic E-state index is 0.184. The molecule has 1 aromatic carbocycles. The topological polar surface area (TPSA) is 82.2 Å². The molecule has 0 aliphatic carbocycles. The lowest BCUT2D eigenvalue weighted by Crippen LogP contribution is -2.51. The maximum atomic E-state index is 14.9. The summed E-state index contributed by atoms with van der Waals surface area (Å²) in [6.45, 7) is 3.41. The lowest BCUT2D eigenvalue weighted by atomic mass is 10.1. The second-order valence-corrected chi connectivity index (χ2v) is 9.66. The molecule has 2 aliphatic heterocycles. The van der Waals surface area contributed by atoms with E-state index in [1.165, 1.54) is 23.5 Å². The Bertz CT molecular complexity index is 1200. The van der Waals surface area contributed by atoms with Crippen molar-refractivity contribution in [1.82, 2.24) is 20.6 Å². The van der Waals surface area contributed by atoms with Gasteiger partial charge < -0.3 is 20.9 Å². The van der Waals surface area contributed by atoms with Gasteiger partial charge >= 0.3 is 0 Å². The Kier molecular flexibility index (Phi) is 5.88. The second-order valence-electron chi connectivity index (χ2n) is 8.67. The lowest BCUT2D eigenvalue weighted by Gasteiger charge is -2.34. The van der Waals surface area contributed by atoms with Crippen molar-refractivity contribution in [2.45, 2.75) is 38.3 Å². The van der Waals surface area contributed by atoms with Crippen molar-refractivity contribution >= 4 is 39.0 Å². The summed E-state index contributed by atoms with van der Waals surface area (Å²) < 4.78 is 29.6. The smallest absolute Gasteiger partial charge is 0.263 e. The SMILES string of the molecule is CNc1c(C(=O)NCCc2cc(F)c(N3CC4CCC(C3)N4)cc2F)sc2nc(C)cnc12. The first-order valence-corrected chi connectivity index (χ1v) is 12.0. The normalized spacial score (nSPS) is 19.8. The average molecular weight is 473 g/mol. The number of hydrogen-bond donors (Lipinski definition) is 3. The molecule has 1 amide bonds. The van der Waals surface area contributed by atoms with E-state index < -0.39 is 11.6 Å². The van der Waals surface area contributed by atoms with Crippen LogP contribution in [0.25, 0.3) is 10.3 Å². The number of piperazine rings is 1. The molecule has 174 valence electrons. The van der Waals surface area contributed by atoms with E-state index >= 15 is 0 Å². The molecule has 2 saturated heterocycles. The number of aromatic nitrogens is 2. The fraction of sp³-hybridized carbons (Fsp3) is 0.435. The Balaban J connectivity index is 1.26. The Hall–Kier alpha value is -2.85. The summed E-state index contributed by atoms with van der Waals surface area (Å²) in [5, 5.41) is 9.33. The molecular formula is C23H26F2N6OS. The summed E-state index contributed by atoms with van der Waals surface area (Å²) in [5.41, 5.74) is 2.60. The highest BCUT2D eigenvalue weighted by molar-refractivity contribution is 7.21. The van der Waals surface area contributed by atoms with Crippen LogP contribution in [0.3, 0.4) is 0 Å². The van der Waals surface area contributed by atoms with Gasteiger partial charge in [0.1, 0.15) is 26.9 Å². The molecule has 2 aromatic heterocycles. The highest BCUT2D eigenvalue weighted by Gasteiger charge is 2.33. The molecule has 33 heavy (non-hydrogen) atoms. The molecule has 2 bridgehead atoms. The minimum atomic E-state index is -0.451. The number of anilines is 2. The van der Waals surface area contributed by atoms with Gasteiger partial charge in [0.25, 0.3) is 5.91 Å². The molecule has 3 N–H and O–H groups in total. The Morgan fingerprint density at radius 2 is 2.00 bits per heavy atom. The fourth-order valence-electron chi connectivity index (χ4n) is 4.74. The van der Waals surface area contributed by atoms with Crippen molar-refractivity contribution in [2.75, 3.05) is 36.9 Å². The number of benzene rings is 1. The Morgan fingerprint density at radius 3 is 2.73 bits per heavy atom. The van der Waals surface area contributed by atoms with Crippen LogP contribution in [0.4, 0.5) is 20.2 Å². The van der Waals surface area contributed by atoms with Gasteiger partial charge in [0, 0.05) is 51.0 Å². The minimum Gasteiger partial charge on any atom is -0.385 e. The third kappa shape index (κ3) is 4.24. The first kappa shape index (κ1) is 22.0. The number of halogens is 2. The van der Waals surface area contributed by atoms with Crippen molar-refractivity contribution in [1.29, 1.82) is 0 Å². The van der Waals surface area contributed by atoms with Crippen molar-refractivity contribution in [3.63, 3.8) is 0 Å². The number of carbonyl (C=O) groups is 1. The molecule has 7 nitrogen and oxygen atoms in total. The monoisotopic (exact) mass is 472 g/mol. The summed E-state index contributed by atoms with van der Waals surface area (Å²) in [4.78, 5) is 24.7. The summed E-state index contributed by atoms with van der Waals surface area (Å²) >= 11 is 1.25. The van der Waals surface area contributed by atoms with Gasteiger partial charge in [0.15, 0.2) is 0 Å². The van der Waals surface area contributed by atoms with Crippen molar-refractivity contribution in [2.24, 2.45) is 0 Å². The fourth-order valence-corrected chi connectivity index (χ4v) is 5.84. The number of rotatable bonds is 6. The van der Waals surface area contributed by atoms with Crippen LogP contribution in [0.1, 0.15) is 33.8 Å². The zero-order chi connectivity index (χ0) is 23.1. The number of carbonyl (C=O) groups excluding carboxylic acids is 1. The van der Waals surface area contributed by atoms with Gasteiger partial charge in [-0.1, -0.05) is 0 Å². The van der Waals surface area contributed by atoms with Crippen molar-refractivity contribution in [3.05, 3.63) is 46.1 Å². The van der Waals surface area contributed by atoms with Crippen LogP contribution >= 0.6 is 11.3 Å². The van der Waals surface area contributed by atoms with Crippen LogP contribution in [-0.2, 0) is 6.42 Å². The van der Waals surface area contributed by atoms with E-state index in [2.05, 4.69) is 25.9 Å². The molecule has 4 heterocycles. The highest BCUT2D eigenvalue weighted by atomic mass is 32.1. The molecule has 2 unspecified atom stereocenters. The van der Waals surface area contributed by atoms with E-state index in [-0.39, 0.29) is 24.4 Å². The van der Waals surface area contributed by atoms with Crippen LogP contribution in [0.5, 0.6) is 0 Å². The van der Waals surface area contributed by atoms with Crippen LogP contribution in [0.15, 0.2) is 18.3 Å². The van der Waals surface area contributed by atoms with E-state index in [4.69, 9.17) is 0 Å². The molecule has 5 rings (SSSR count). The average Bonchev–Trinajstić information content (AvgIpc) is 3.33. The summed E-state index contributed by atoms with van der Waals surface area (Å²) in [5.74, 6) is -1.17. The second kappa shape index (κ2) is 8.83. The summed E-state index contributed by atoms with van der Waals surface area (Å²) in [6, 6.07) is 3.23. The molecule has 2 aliphatic rings. The molecule has 2 atom stereocenters. The maximum absolute atomic E-state index is 14.9. The Labute approximate surface area is 194 Å². The van der Waals surface area contributed by atoms with Gasteiger partial charge in [-0.25, -0.2) is 18.7 Å². The number of thiophene rings is 1. The van der Waals surface area contributed by atoms with E-state index in [1.807, 2.05) is 11.8 Å².